The van der Waals surface area contributed by atoms with Gasteiger partial charge in [0.2, 0.25) is 5.91 Å². The summed E-state index contributed by atoms with van der Waals surface area (Å²) in [5, 5.41) is 5.28. The fourth-order valence-corrected chi connectivity index (χ4v) is 2.54. The number of thiophene rings is 1. The highest BCUT2D eigenvalue weighted by molar-refractivity contribution is 7.09. The highest BCUT2D eigenvalue weighted by Crippen LogP contribution is 2.11. The summed E-state index contributed by atoms with van der Waals surface area (Å²) in [6, 6.07) is 14.0. The summed E-state index contributed by atoms with van der Waals surface area (Å²) in [5.41, 5.74) is 1.05. The highest BCUT2D eigenvalue weighted by atomic mass is 32.1. The maximum absolute atomic E-state index is 12.0. The summed E-state index contributed by atoms with van der Waals surface area (Å²) in [7, 11) is 1.85. The number of nitrogens with one attached hydrogen (secondary N) is 1. The molecule has 0 saturated carbocycles. The number of amides is 1. The molecule has 1 N–H and O–H groups in total. The Hall–Kier alpha value is -1.81. The van der Waals surface area contributed by atoms with E-state index in [-0.39, 0.29) is 5.91 Å². The van der Waals surface area contributed by atoms with Gasteiger partial charge in [0.15, 0.2) is 0 Å². The topological polar surface area (TPSA) is 32.3 Å². The number of anilines is 1. The van der Waals surface area contributed by atoms with Gasteiger partial charge in [0.25, 0.3) is 0 Å². The van der Waals surface area contributed by atoms with Crippen molar-refractivity contribution in [2.24, 2.45) is 0 Å². The molecule has 0 atom stereocenters. The third-order valence-electron chi connectivity index (χ3n) is 2.84. The first-order valence-corrected chi connectivity index (χ1v) is 7.19. The van der Waals surface area contributed by atoms with Crippen LogP contribution in [0.5, 0.6) is 0 Å². The van der Waals surface area contributed by atoms with Crippen molar-refractivity contribution in [3.8, 4) is 0 Å². The van der Waals surface area contributed by atoms with Crippen LogP contribution in [0.1, 0.15) is 11.3 Å². The van der Waals surface area contributed by atoms with Gasteiger partial charge in [-0.2, -0.15) is 0 Å². The molecule has 1 heterocycles. The van der Waals surface area contributed by atoms with E-state index < -0.39 is 0 Å². The van der Waals surface area contributed by atoms with Crippen LogP contribution in [-0.2, 0) is 11.3 Å². The normalized spacial score (nSPS) is 10.2. The Labute approximate surface area is 117 Å². The monoisotopic (exact) mass is 274 g/mol. The van der Waals surface area contributed by atoms with Crippen LogP contribution in [0.3, 0.4) is 0 Å². The first-order valence-electron chi connectivity index (χ1n) is 6.31. The highest BCUT2D eigenvalue weighted by Gasteiger charge is 2.09. The molecule has 0 saturated heterocycles. The van der Waals surface area contributed by atoms with Gasteiger partial charge >= 0.3 is 0 Å². The van der Waals surface area contributed by atoms with Crippen LogP contribution in [0, 0.1) is 0 Å². The average Bonchev–Trinajstić information content (AvgIpc) is 2.92. The van der Waals surface area contributed by atoms with Gasteiger partial charge in [0.05, 0.1) is 6.54 Å². The number of hydrogen-bond acceptors (Lipinski definition) is 3. The molecule has 0 aliphatic heterocycles. The smallest absolute Gasteiger partial charge is 0.224 e. The molecular formula is C15H18N2OS. The third-order valence-corrected chi connectivity index (χ3v) is 3.70. The van der Waals surface area contributed by atoms with E-state index in [1.54, 1.807) is 16.2 Å². The Kier molecular flexibility index (Phi) is 4.98. The van der Waals surface area contributed by atoms with Gasteiger partial charge in [0, 0.05) is 30.6 Å². The van der Waals surface area contributed by atoms with E-state index in [4.69, 9.17) is 0 Å². The Bertz CT molecular complexity index is 496. The molecule has 1 amide bonds. The van der Waals surface area contributed by atoms with Crippen molar-refractivity contribution >= 4 is 22.9 Å². The summed E-state index contributed by atoms with van der Waals surface area (Å²) >= 11 is 1.68. The standard InChI is InChI=1S/C15H18N2OS/c1-17(12-14-8-5-11-19-14)15(18)9-10-16-13-6-3-2-4-7-13/h2-8,11,16H,9-10,12H2,1H3. The number of para-hydroxylation sites is 1. The van der Waals surface area contributed by atoms with Gasteiger partial charge in [-0.15, -0.1) is 11.3 Å². The zero-order valence-electron chi connectivity index (χ0n) is 11.0. The molecule has 2 aromatic rings. The van der Waals surface area contributed by atoms with Crippen LogP contribution in [0.15, 0.2) is 47.8 Å². The van der Waals surface area contributed by atoms with Gasteiger partial charge in [-0.3, -0.25) is 4.79 Å². The van der Waals surface area contributed by atoms with Crippen molar-refractivity contribution in [3.63, 3.8) is 0 Å². The summed E-state index contributed by atoms with van der Waals surface area (Å²) in [6.07, 6.45) is 0.511. The first-order chi connectivity index (χ1) is 9.25. The lowest BCUT2D eigenvalue weighted by molar-refractivity contribution is -0.130. The van der Waals surface area contributed by atoms with Gasteiger partial charge < -0.3 is 10.2 Å². The second-order valence-corrected chi connectivity index (χ2v) is 5.40. The summed E-state index contributed by atoms with van der Waals surface area (Å²) < 4.78 is 0. The largest absolute Gasteiger partial charge is 0.385 e. The molecule has 0 radical (unpaired) electrons. The fraction of sp³-hybridized carbons (Fsp3) is 0.267. The molecule has 4 heteroatoms. The molecular weight excluding hydrogens is 256 g/mol. The average molecular weight is 274 g/mol. The second-order valence-electron chi connectivity index (χ2n) is 4.37. The number of hydrogen-bond donors (Lipinski definition) is 1. The van der Waals surface area contributed by atoms with Crippen molar-refractivity contribution in [3.05, 3.63) is 52.7 Å². The molecule has 1 aromatic carbocycles. The van der Waals surface area contributed by atoms with Crippen molar-refractivity contribution in [1.82, 2.24) is 4.90 Å². The molecule has 0 bridgehead atoms. The minimum absolute atomic E-state index is 0.164. The maximum atomic E-state index is 12.0. The van der Waals surface area contributed by atoms with E-state index in [1.807, 2.05) is 48.8 Å². The Morgan fingerprint density at radius 3 is 2.68 bits per heavy atom. The Morgan fingerprint density at radius 2 is 2.00 bits per heavy atom. The van der Waals surface area contributed by atoms with Crippen molar-refractivity contribution in [1.29, 1.82) is 0 Å². The van der Waals surface area contributed by atoms with E-state index in [1.165, 1.54) is 4.88 Å². The molecule has 0 fully saturated rings. The zero-order chi connectivity index (χ0) is 13.5. The number of carbonyl (C=O) groups is 1. The number of benzene rings is 1. The van der Waals surface area contributed by atoms with Crippen LogP contribution in [0.25, 0.3) is 0 Å². The Balaban J connectivity index is 1.72. The molecule has 3 nitrogen and oxygen atoms in total. The minimum atomic E-state index is 0.164. The lowest BCUT2D eigenvalue weighted by Gasteiger charge is -2.16. The summed E-state index contributed by atoms with van der Waals surface area (Å²) in [4.78, 5) is 14.9. The van der Waals surface area contributed by atoms with Crippen molar-refractivity contribution in [2.75, 3.05) is 18.9 Å². The van der Waals surface area contributed by atoms with Gasteiger partial charge in [0.1, 0.15) is 0 Å². The summed E-state index contributed by atoms with van der Waals surface area (Å²) in [5.74, 6) is 0.164. The maximum Gasteiger partial charge on any atom is 0.224 e. The lowest BCUT2D eigenvalue weighted by atomic mass is 10.3. The fourth-order valence-electron chi connectivity index (χ4n) is 1.79. The minimum Gasteiger partial charge on any atom is -0.385 e. The van der Waals surface area contributed by atoms with E-state index in [0.717, 1.165) is 5.69 Å². The number of nitrogens with zero attached hydrogens (tertiary/aromatic N) is 1. The molecule has 0 spiro atoms. The zero-order valence-corrected chi connectivity index (χ0v) is 11.8. The first kappa shape index (κ1) is 13.6. The van der Waals surface area contributed by atoms with Crippen molar-refractivity contribution < 1.29 is 4.79 Å². The second kappa shape index (κ2) is 6.95. The van der Waals surface area contributed by atoms with Crippen LogP contribution in [-0.4, -0.2) is 24.4 Å². The van der Waals surface area contributed by atoms with E-state index >= 15 is 0 Å². The van der Waals surface area contributed by atoms with E-state index in [2.05, 4.69) is 11.4 Å². The molecule has 19 heavy (non-hydrogen) atoms. The van der Waals surface area contributed by atoms with E-state index in [0.29, 0.717) is 19.5 Å². The molecule has 2 rings (SSSR count). The van der Waals surface area contributed by atoms with Crippen molar-refractivity contribution in [2.45, 2.75) is 13.0 Å². The van der Waals surface area contributed by atoms with Crippen LogP contribution in [0.4, 0.5) is 5.69 Å². The predicted octanol–water partition coefficient (Wildman–Crippen LogP) is 3.21. The predicted molar refractivity (Wildman–Crippen MR) is 80.3 cm³/mol. The van der Waals surface area contributed by atoms with Gasteiger partial charge in [-0.1, -0.05) is 24.3 Å². The molecule has 0 aliphatic carbocycles. The SMILES string of the molecule is CN(Cc1cccs1)C(=O)CCNc1ccccc1. The number of carbonyl (C=O) groups excluding carboxylic acids is 1. The van der Waals surface area contributed by atoms with Crippen LogP contribution in [0.2, 0.25) is 0 Å². The number of rotatable bonds is 6. The molecule has 0 unspecified atom stereocenters. The molecule has 100 valence electrons. The summed E-state index contributed by atoms with van der Waals surface area (Å²) in [6.45, 7) is 1.36. The quantitative estimate of drug-likeness (QED) is 0.877. The van der Waals surface area contributed by atoms with Crippen LogP contribution < -0.4 is 5.32 Å². The van der Waals surface area contributed by atoms with Crippen LogP contribution >= 0.6 is 11.3 Å². The Morgan fingerprint density at radius 1 is 1.21 bits per heavy atom. The molecule has 1 aromatic heterocycles. The van der Waals surface area contributed by atoms with Gasteiger partial charge in [-0.05, 0) is 23.6 Å². The van der Waals surface area contributed by atoms with Gasteiger partial charge in [-0.25, -0.2) is 0 Å². The lowest BCUT2D eigenvalue weighted by Crippen LogP contribution is -2.27. The van der Waals surface area contributed by atoms with E-state index in [9.17, 15) is 4.79 Å². The third kappa shape index (κ3) is 4.41. The molecule has 0 aliphatic rings.